The molecule has 0 bridgehead atoms. The average molecular weight is 549 g/mol. The van der Waals surface area contributed by atoms with Crippen molar-refractivity contribution in [2.24, 2.45) is 5.92 Å². The van der Waals surface area contributed by atoms with Gasteiger partial charge in [-0.25, -0.2) is 13.8 Å². The second-order valence-corrected chi connectivity index (χ2v) is 10.9. The van der Waals surface area contributed by atoms with Gasteiger partial charge in [0, 0.05) is 40.8 Å². The van der Waals surface area contributed by atoms with Crippen LogP contribution in [-0.4, -0.2) is 79.9 Å². The number of anilines is 1. The van der Waals surface area contributed by atoms with Gasteiger partial charge in [-0.15, -0.1) is 0 Å². The van der Waals surface area contributed by atoms with Crippen LogP contribution >= 0.6 is 11.6 Å². The molecule has 0 N–H and O–H groups in total. The second-order valence-electron chi connectivity index (χ2n) is 10.5. The largest absolute Gasteiger partial charge is 0.357 e. The molecule has 0 unspecified atom stereocenters. The quantitative estimate of drug-likeness (QED) is 0.442. The molecule has 2 aliphatic heterocycles. The van der Waals surface area contributed by atoms with Crippen molar-refractivity contribution < 1.29 is 23.1 Å². The van der Waals surface area contributed by atoms with Crippen molar-refractivity contribution in [3.05, 3.63) is 58.7 Å². The Morgan fingerprint density at radius 3 is 2.37 bits per heavy atom. The van der Waals surface area contributed by atoms with Crippen LogP contribution in [0.15, 0.2) is 42.5 Å². The number of piperidine rings is 1. The van der Waals surface area contributed by atoms with Gasteiger partial charge in [0.2, 0.25) is 0 Å². The number of amides is 2. The van der Waals surface area contributed by atoms with Crippen molar-refractivity contribution in [3.63, 3.8) is 0 Å². The normalized spacial score (nSPS) is 21.4. The van der Waals surface area contributed by atoms with Gasteiger partial charge in [0.25, 0.3) is 17.7 Å². The number of alkyl halides is 2. The van der Waals surface area contributed by atoms with Crippen LogP contribution in [0.5, 0.6) is 0 Å². The number of rotatable bonds is 8. The van der Waals surface area contributed by atoms with E-state index in [1.807, 2.05) is 6.07 Å². The number of halogens is 3. The molecule has 1 aromatic heterocycles. The standard InChI is InChI=1S/C28H35ClF2N4O3/c1-33(2)25(36)22-11-12-23(32-24(22)29)35-16-13-20(14-17-35)8-7-15-34(3)26(37)28(18-27(30,31)19-38-28)21-9-5-4-6-10-21/h4-6,9-12,20H,7-8,13-19H2,1-3H3/t28-/m1/s1. The average Bonchev–Trinajstić information content (AvgIpc) is 3.25. The van der Waals surface area contributed by atoms with Crippen LogP contribution < -0.4 is 4.90 Å². The number of ether oxygens (including phenoxy) is 1. The number of carbonyl (C=O) groups excluding carboxylic acids is 2. The molecular weight excluding hydrogens is 514 g/mol. The third-order valence-corrected chi connectivity index (χ3v) is 7.77. The predicted molar refractivity (Wildman–Crippen MR) is 143 cm³/mol. The van der Waals surface area contributed by atoms with Gasteiger partial charge in [0.05, 0.1) is 12.0 Å². The lowest BCUT2D eigenvalue weighted by Gasteiger charge is -2.34. The summed E-state index contributed by atoms with van der Waals surface area (Å²) in [5, 5.41) is 0.202. The second kappa shape index (κ2) is 11.5. The zero-order chi connectivity index (χ0) is 27.5. The number of hydrogen-bond donors (Lipinski definition) is 0. The summed E-state index contributed by atoms with van der Waals surface area (Å²) < 4.78 is 33.9. The fraction of sp³-hybridized carbons (Fsp3) is 0.536. The van der Waals surface area contributed by atoms with Crippen molar-refractivity contribution in [1.82, 2.24) is 14.8 Å². The Morgan fingerprint density at radius 1 is 1.11 bits per heavy atom. The first kappa shape index (κ1) is 28.2. The van der Waals surface area contributed by atoms with E-state index in [-0.39, 0.29) is 11.1 Å². The SMILES string of the molecule is CN(C)C(=O)c1ccc(N2CCC(CCCN(C)C(=O)[C@]3(c4ccccc4)CC(F)(F)CO3)CC2)nc1Cl. The van der Waals surface area contributed by atoms with Crippen molar-refractivity contribution in [2.45, 2.75) is 43.6 Å². The van der Waals surface area contributed by atoms with Crippen molar-refractivity contribution in [3.8, 4) is 0 Å². The lowest BCUT2D eigenvalue weighted by Crippen LogP contribution is -2.46. The summed E-state index contributed by atoms with van der Waals surface area (Å²) in [6.45, 7) is 1.36. The van der Waals surface area contributed by atoms with Crippen LogP contribution in [0.3, 0.4) is 0 Å². The summed E-state index contributed by atoms with van der Waals surface area (Å²) in [6.07, 6.45) is 3.01. The molecule has 1 aromatic carbocycles. The highest BCUT2D eigenvalue weighted by molar-refractivity contribution is 6.32. The summed E-state index contributed by atoms with van der Waals surface area (Å²) in [5.74, 6) is -2.39. The van der Waals surface area contributed by atoms with Gasteiger partial charge in [-0.2, -0.15) is 0 Å². The molecule has 38 heavy (non-hydrogen) atoms. The molecule has 2 amide bonds. The minimum atomic E-state index is -3.04. The summed E-state index contributed by atoms with van der Waals surface area (Å²) in [5.41, 5.74) is -0.796. The van der Waals surface area contributed by atoms with E-state index in [0.717, 1.165) is 44.6 Å². The van der Waals surface area contributed by atoms with E-state index in [2.05, 4.69) is 9.88 Å². The van der Waals surface area contributed by atoms with Crippen molar-refractivity contribution >= 4 is 29.2 Å². The molecule has 4 rings (SSSR count). The van der Waals surface area contributed by atoms with Crippen LogP contribution in [0.4, 0.5) is 14.6 Å². The van der Waals surface area contributed by atoms with E-state index in [1.54, 1.807) is 57.5 Å². The molecule has 2 aromatic rings. The van der Waals surface area contributed by atoms with Crippen molar-refractivity contribution in [2.75, 3.05) is 52.3 Å². The molecule has 2 aliphatic rings. The molecule has 7 nitrogen and oxygen atoms in total. The summed E-state index contributed by atoms with van der Waals surface area (Å²) >= 11 is 6.28. The summed E-state index contributed by atoms with van der Waals surface area (Å²) in [7, 11) is 5.01. The number of carbonyl (C=O) groups is 2. The minimum absolute atomic E-state index is 0.181. The van der Waals surface area contributed by atoms with E-state index >= 15 is 0 Å². The Labute approximate surface area is 227 Å². The van der Waals surface area contributed by atoms with Gasteiger partial charge in [-0.3, -0.25) is 9.59 Å². The van der Waals surface area contributed by atoms with E-state index in [1.165, 1.54) is 9.80 Å². The lowest BCUT2D eigenvalue weighted by atomic mass is 9.88. The topological polar surface area (TPSA) is 66.0 Å². The molecule has 10 heteroatoms. The Bertz CT molecular complexity index is 1140. The maximum Gasteiger partial charge on any atom is 0.274 e. The lowest BCUT2D eigenvalue weighted by molar-refractivity contribution is -0.153. The number of likely N-dealkylation sites (N-methyl/N-ethyl adjacent to an activating group) is 1. The third-order valence-electron chi connectivity index (χ3n) is 7.48. The molecule has 2 saturated heterocycles. The maximum absolute atomic E-state index is 14.2. The zero-order valence-corrected chi connectivity index (χ0v) is 22.9. The first-order chi connectivity index (χ1) is 18.0. The van der Waals surface area contributed by atoms with Gasteiger partial charge in [-0.05, 0) is 49.3 Å². The third kappa shape index (κ3) is 6.10. The van der Waals surface area contributed by atoms with Gasteiger partial charge in [0.1, 0.15) is 17.6 Å². The van der Waals surface area contributed by atoms with Gasteiger partial charge < -0.3 is 19.4 Å². The number of benzene rings is 1. The molecule has 0 radical (unpaired) electrons. The fourth-order valence-corrected chi connectivity index (χ4v) is 5.56. The van der Waals surface area contributed by atoms with E-state index in [9.17, 15) is 18.4 Å². The molecule has 0 aliphatic carbocycles. The smallest absolute Gasteiger partial charge is 0.274 e. The minimum Gasteiger partial charge on any atom is -0.357 e. The van der Waals surface area contributed by atoms with Crippen LogP contribution in [0, 0.1) is 5.92 Å². The fourth-order valence-electron chi connectivity index (χ4n) is 5.33. The van der Waals surface area contributed by atoms with Gasteiger partial charge in [0.15, 0.2) is 5.60 Å². The maximum atomic E-state index is 14.2. The first-order valence-corrected chi connectivity index (χ1v) is 13.4. The van der Waals surface area contributed by atoms with Crippen molar-refractivity contribution in [1.29, 1.82) is 0 Å². The van der Waals surface area contributed by atoms with E-state index in [0.29, 0.717) is 23.6 Å². The first-order valence-electron chi connectivity index (χ1n) is 13.0. The molecule has 0 saturated carbocycles. The Morgan fingerprint density at radius 2 is 1.79 bits per heavy atom. The molecule has 0 spiro atoms. The van der Waals surface area contributed by atoms with Crippen LogP contribution in [0.1, 0.15) is 48.0 Å². The highest BCUT2D eigenvalue weighted by Gasteiger charge is 2.57. The zero-order valence-electron chi connectivity index (χ0n) is 22.1. The van der Waals surface area contributed by atoms with Crippen LogP contribution in [-0.2, 0) is 15.1 Å². The van der Waals surface area contributed by atoms with Gasteiger partial charge >= 0.3 is 0 Å². The van der Waals surface area contributed by atoms with Crippen LogP contribution in [0.25, 0.3) is 0 Å². The van der Waals surface area contributed by atoms with E-state index < -0.39 is 30.5 Å². The highest BCUT2D eigenvalue weighted by atomic mass is 35.5. The number of pyridine rings is 1. The van der Waals surface area contributed by atoms with E-state index in [4.69, 9.17) is 16.3 Å². The monoisotopic (exact) mass is 548 g/mol. The Hall–Kier alpha value is -2.78. The number of hydrogen-bond acceptors (Lipinski definition) is 5. The molecule has 3 heterocycles. The predicted octanol–water partition coefficient (Wildman–Crippen LogP) is 4.84. The molecule has 1 atom stereocenters. The molecule has 2 fully saturated rings. The number of nitrogens with zero attached hydrogens (tertiary/aromatic N) is 4. The summed E-state index contributed by atoms with van der Waals surface area (Å²) in [6, 6.07) is 12.2. The molecular formula is C28H35ClF2N4O3. The Balaban J connectivity index is 1.28. The Kier molecular flexibility index (Phi) is 8.57. The van der Waals surface area contributed by atoms with Gasteiger partial charge in [-0.1, -0.05) is 41.9 Å². The van der Waals surface area contributed by atoms with Crippen LogP contribution in [0.2, 0.25) is 5.15 Å². The number of aromatic nitrogens is 1. The highest BCUT2D eigenvalue weighted by Crippen LogP contribution is 2.45. The summed E-state index contributed by atoms with van der Waals surface area (Å²) in [4.78, 5) is 35.2. The molecule has 206 valence electrons.